The molecule has 2 nitrogen and oxygen atoms in total. The topological polar surface area (TPSA) is 21.3 Å². The van der Waals surface area contributed by atoms with Gasteiger partial charge in [0.2, 0.25) is 0 Å². The molecule has 0 spiro atoms. The highest BCUT2D eigenvalue weighted by atomic mass is 16.5. The number of hydrogen-bond donors (Lipinski definition) is 1. The Balaban J connectivity index is 1.77. The lowest BCUT2D eigenvalue weighted by Crippen LogP contribution is -2.10. The van der Waals surface area contributed by atoms with Gasteiger partial charge in [-0.15, -0.1) is 0 Å². The summed E-state index contributed by atoms with van der Waals surface area (Å²) in [5, 5.41) is 3.75. The van der Waals surface area contributed by atoms with Gasteiger partial charge in [-0.1, -0.05) is 88.4 Å². The molecule has 3 aromatic carbocycles. The summed E-state index contributed by atoms with van der Waals surface area (Å²) < 4.78 is 5.54. The number of ether oxygens (including phenoxy) is 1. The minimum Gasteiger partial charge on any atom is -0.496 e. The third kappa shape index (κ3) is 5.00. The first-order chi connectivity index (χ1) is 14.0. The van der Waals surface area contributed by atoms with Crippen molar-refractivity contribution in [1.82, 2.24) is 0 Å². The lowest BCUT2D eigenvalue weighted by molar-refractivity contribution is 0.416. The summed E-state index contributed by atoms with van der Waals surface area (Å²) in [7, 11) is 1.73. The Morgan fingerprint density at radius 3 is 2.10 bits per heavy atom. The van der Waals surface area contributed by atoms with Crippen LogP contribution in [0.5, 0.6) is 5.75 Å². The lowest BCUT2D eigenvalue weighted by atomic mass is 9.92. The van der Waals surface area contributed by atoms with Crippen molar-refractivity contribution in [2.24, 2.45) is 0 Å². The zero-order chi connectivity index (χ0) is 20.8. The van der Waals surface area contributed by atoms with Crippen LogP contribution in [0.3, 0.4) is 0 Å². The van der Waals surface area contributed by atoms with E-state index in [0.29, 0.717) is 11.8 Å². The van der Waals surface area contributed by atoms with E-state index in [9.17, 15) is 0 Å². The van der Waals surface area contributed by atoms with E-state index >= 15 is 0 Å². The van der Waals surface area contributed by atoms with Gasteiger partial charge in [0.05, 0.1) is 7.11 Å². The molecular weight excluding hydrogens is 354 g/mol. The Hall–Kier alpha value is -2.74. The summed E-state index contributed by atoms with van der Waals surface area (Å²) in [5.41, 5.74) is 7.79. The van der Waals surface area contributed by atoms with Gasteiger partial charge in [-0.2, -0.15) is 0 Å². The largest absolute Gasteiger partial charge is 0.496 e. The second-order valence-electron chi connectivity index (χ2n) is 8.20. The minimum absolute atomic E-state index is 0.505. The summed E-state index contributed by atoms with van der Waals surface area (Å²) in [6, 6.07) is 23.7. The zero-order valence-corrected chi connectivity index (χ0v) is 18.3. The number of hydrogen-bond acceptors (Lipinski definition) is 2. The quantitative estimate of drug-likeness (QED) is 0.439. The summed E-state index contributed by atoms with van der Waals surface area (Å²) in [6.07, 6.45) is 0.979. The average molecular weight is 388 g/mol. The predicted octanol–water partition coefficient (Wildman–Crippen LogP) is 7.26. The van der Waals surface area contributed by atoms with Gasteiger partial charge >= 0.3 is 0 Å². The van der Waals surface area contributed by atoms with Crippen molar-refractivity contribution in [1.29, 1.82) is 0 Å². The Kier molecular flexibility index (Phi) is 6.98. The van der Waals surface area contributed by atoms with Gasteiger partial charge < -0.3 is 10.1 Å². The second-order valence-corrected chi connectivity index (χ2v) is 8.20. The third-order valence-electron chi connectivity index (χ3n) is 5.43. The van der Waals surface area contributed by atoms with E-state index in [1.54, 1.807) is 7.11 Å². The lowest BCUT2D eigenvalue weighted by Gasteiger charge is -2.21. The average Bonchev–Trinajstić information content (AvgIpc) is 2.73. The SMILES string of the molecule is COc1ccccc1-c1cccc(CCNc2c(C(C)C)cccc2C(C)C)c1. The van der Waals surface area contributed by atoms with E-state index in [1.165, 1.54) is 27.9 Å². The van der Waals surface area contributed by atoms with Crippen molar-refractivity contribution >= 4 is 5.69 Å². The van der Waals surface area contributed by atoms with Crippen molar-refractivity contribution in [2.75, 3.05) is 19.0 Å². The standard InChI is InChI=1S/C27H33NO/c1-19(2)23-13-9-14-24(20(3)4)27(23)28-17-16-21-10-8-11-22(18-21)25-12-6-7-15-26(25)29-5/h6-15,18-20,28H,16-17H2,1-5H3. The molecule has 0 aliphatic carbocycles. The molecule has 0 atom stereocenters. The maximum atomic E-state index is 5.54. The molecule has 0 unspecified atom stereocenters. The van der Waals surface area contributed by atoms with Gasteiger partial charge in [0.1, 0.15) is 5.75 Å². The molecule has 29 heavy (non-hydrogen) atoms. The number of nitrogens with one attached hydrogen (secondary N) is 1. The fourth-order valence-corrected chi connectivity index (χ4v) is 3.86. The monoisotopic (exact) mass is 387 g/mol. The molecule has 0 bridgehead atoms. The molecule has 2 heteroatoms. The van der Waals surface area contributed by atoms with Crippen LogP contribution in [0.15, 0.2) is 66.7 Å². The molecular formula is C27H33NO. The number of rotatable bonds is 8. The van der Waals surface area contributed by atoms with Gasteiger partial charge in [-0.25, -0.2) is 0 Å². The van der Waals surface area contributed by atoms with Crippen LogP contribution in [0.25, 0.3) is 11.1 Å². The van der Waals surface area contributed by atoms with Crippen molar-refractivity contribution in [3.05, 3.63) is 83.4 Å². The van der Waals surface area contributed by atoms with E-state index in [-0.39, 0.29) is 0 Å². The first-order valence-electron chi connectivity index (χ1n) is 10.6. The van der Waals surface area contributed by atoms with Crippen molar-refractivity contribution < 1.29 is 4.74 Å². The number of para-hydroxylation sites is 2. The van der Waals surface area contributed by atoms with E-state index in [2.05, 4.69) is 87.6 Å². The van der Waals surface area contributed by atoms with E-state index in [1.807, 2.05) is 12.1 Å². The molecule has 0 aliphatic rings. The molecule has 0 radical (unpaired) electrons. The van der Waals surface area contributed by atoms with Crippen molar-refractivity contribution in [2.45, 2.75) is 46.0 Å². The van der Waals surface area contributed by atoms with Crippen LogP contribution in [-0.4, -0.2) is 13.7 Å². The second kappa shape index (κ2) is 9.65. The van der Waals surface area contributed by atoms with Gasteiger partial charge in [0.15, 0.2) is 0 Å². The molecule has 0 amide bonds. The van der Waals surface area contributed by atoms with Crippen LogP contribution in [0, 0.1) is 0 Å². The number of methoxy groups -OCH3 is 1. The van der Waals surface area contributed by atoms with Crippen LogP contribution in [0.4, 0.5) is 5.69 Å². The van der Waals surface area contributed by atoms with Crippen LogP contribution < -0.4 is 10.1 Å². The van der Waals surface area contributed by atoms with Crippen molar-refractivity contribution in [3.63, 3.8) is 0 Å². The molecule has 0 saturated heterocycles. The Labute approximate surface area is 175 Å². The molecule has 1 N–H and O–H groups in total. The highest BCUT2D eigenvalue weighted by molar-refractivity contribution is 5.71. The van der Waals surface area contributed by atoms with Crippen LogP contribution in [0.2, 0.25) is 0 Å². The molecule has 0 aliphatic heterocycles. The molecule has 0 fully saturated rings. The molecule has 3 aromatic rings. The summed E-state index contributed by atoms with van der Waals surface area (Å²) in [6.45, 7) is 9.98. The van der Waals surface area contributed by atoms with Crippen LogP contribution in [-0.2, 0) is 6.42 Å². The first-order valence-corrected chi connectivity index (χ1v) is 10.6. The fourth-order valence-electron chi connectivity index (χ4n) is 3.86. The van der Waals surface area contributed by atoms with Gasteiger partial charge in [-0.05, 0) is 46.6 Å². The highest BCUT2D eigenvalue weighted by Crippen LogP contribution is 2.33. The fraction of sp³-hybridized carbons (Fsp3) is 0.333. The molecule has 0 saturated carbocycles. The van der Waals surface area contributed by atoms with Crippen LogP contribution >= 0.6 is 0 Å². The Morgan fingerprint density at radius 1 is 0.793 bits per heavy atom. The first kappa shape index (κ1) is 21.0. The smallest absolute Gasteiger partial charge is 0.126 e. The summed E-state index contributed by atoms with van der Waals surface area (Å²) in [4.78, 5) is 0. The van der Waals surface area contributed by atoms with Gasteiger partial charge in [0, 0.05) is 17.8 Å². The molecule has 0 heterocycles. The third-order valence-corrected chi connectivity index (χ3v) is 5.43. The number of anilines is 1. The molecule has 152 valence electrons. The van der Waals surface area contributed by atoms with Crippen molar-refractivity contribution in [3.8, 4) is 16.9 Å². The highest BCUT2D eigenvalue weighted by Gasteiger charge is 2.13. The van der Waals surface area contributed by atoms with E-state index < -0.39 is 0 Å². The predicted molar refractivity (Wildman–Crippen MR) is 125 cm³/mol. The number of benzene rings is 3. The van der Waals surface area contributed by atoms with Crippen LogP contribution in [0.1, 0.15) is 56.2 Å². The Bertz CT molecular complexity index is 917. The maximum Gasteiger partial charge on any atom is 0.126 e. The summed E-state index contributed by atoms with van der Waals surface area (Å²) in [5.74, 6) is 1.92. The van der Waals surface area contributed by atoms with E-state index in [4.69, 9.17) is 4.74 Å². The normalized spacial score (nSPS) is 11.1. The maximum absolute atomic E-state index is 5.54. The minimum atomic E-state index is 0.505. The van der Waals surface area contributed by atoms with Gasteiger partial charge in [0.25, 0.3) is 0 Å². The molecule has 0 aromatic heterocycles. The van der Waals surface area contributed by atoms with Gasteiger partial charge in [-0.3, -0.25) is 0 Å². The van der Waals surface area contributed by atoms with E-state index in [0.717, 1.165) is 24.3 Å². The Morgan fingerprint density at radius 2 is 1.45 bits per heavy atom. The molecule has 3 rings (SSSR count). The summed E-state index contributed by atoms with van der Waals surface area (Å²) >= 11 is 0. The zero-order valence-electron chi connectivity index (χ0n) is 18.3.